The maximum absolute atomic E-state index is 12.3. The predicted molar refractivity (Wildman–Crippen MR) is 106 cm³/mol. The number of hydrazone groups is 1. The molecule has 3 rings (SSSR count). The van der Waals surface area contributed by atoms with Gasteiger partial charge in [-0.05, 0) is 31.9 Å². The van der Waals surface area contributed by atoms with Gasteiger partial charge in [0, 0.05) is 6.04 Å². The number of rotatable bonds is 4. The number of nitrogens with one attached hydrogen (secondary N) is 2. The van der Waals surface area contributed by atoms with Crippen LogP contribution < -0.4 is 16.7 Å². The molecule has 1 saturated carbocycles. The van der Waals surface area contributed by atoms with Crippen molar-refractivity contribution in [2.45, 2.75) is 45.1 Å². The minimum Gasteiger partial charge on any atom is -0.494 e. The lowest BCUT2D eigenvalue weighted by molar-refractivity contribution is 0.0955. The first-order valence-corrected chi connectivity index (χ1v) is 9.45. The van der Waals surface area contributed by atoms with Crippen LogP contribution in [0.4, 0.5) is 0 Å². The normalized spacial score (nSPS) is 15.4. The van der Waals surface area contributed by atoms with Gasteiger partial charge >= 0.3 is 5.69 Å². The zero-order valence-corrected chi connectivity index (χ0v) is 16.1. The summed E-state index contributed by atoms with van der Waals surface area (Å²) in [5.41, 5.74) is 1.06. The van der Waals surface area contributed by atoms with Gasteiger partial charge in [0.05, 0.1) is 16.3 Å². The van der Waals surface area contributed by atoms with E-state index in [2.05, 4.69) is 15.5 Å². The molecule has 0 spiro atoms. The summed E-state index contributed by atoms with van der Waals surface area (Å²) < 4.78 is 1.21. The largest absolute Gasteiger partial charge is 0.494 e. The van der Waals surface area contributed by atoms with Gasteiger partial charge in [-0.25, -0.2) is 10.2 Å². The molecule has 1 aromatic carbocycles. The van der Waals surface area contributed by atoms with Gasteiger partial charge in [-0.1, -0.05) is 43.0 Å². The van der Waals surface area contributed by atoms with E-state index in [9.17, 15) is 19.5 Å². The lowest BCUT2D eigenvalue weighted by Crippen LogP contribution is -2.36. The summed E-state index contributed by atoms with van der Waals surface area (Å²) in [5.74, 6) is -0.990. The van der Waals surface area contributed by atoms with Crippen molar-refractivity contribution in [3.63, 3.8) is 0 Å². The summed E-state index contributed by atoms with van der Waals surface area (Å²) in [5, 5.41) is 14.8. The number of nitrogens with zero attached hydrogens (tertiary/aromatic N) is 2. The number of H-pyrrole nitrogens is 1. The summed E-state index contributed by atoms with van der Waals surface area (Å²) >= 11 is 5.98. The maximum Gasteiger partial charge on any atom is 0.331 e. The fraction of sp³-hybridized carbons (Fsp3) is 0.368. The van der Waals surface area contributed by atoms with Gasteiger partial charge in [0.25, 0.3) is 11.5 Å². The number of aromatic nitrogens is 2. The van der Waals surface area contributed by atoms with Crippen molar-refractivity contribution in [2.75, 3.05) is 0 Å². The second-order valence-corrected chi connectivity index (χ2v) is 7.14. The van der Waals surface area contributed by atoms with Crippen molar-refractivity contribution in [1.82, 2.24) is 15.0 Å². The van der Waals surface area contributed by atoms with E-state index in [4.69, 9.17) is 11.6 Å². The first kappa shape index (κ1) is 19.9. The molecule has 8 nitrogen and oxygen atoms in total. The molecule has 0 saturated heterocycles. The Kier molecular flexibility index (Phi) is 5.99. The summed E-state index contributed by atoms with van der Waals surface area (Å²) in [7, 11) is 0. The number of carbonyl (C=O) groups is 1. The highest BCUT2D eigenvalue weighted by atomic mass is 35.5. The quantitative estimate of drug-likeness (QED) is 0.536. The predicted octanol–water partition coefficient (Wildman–Crippen LogP) is 2.55. The Morgan fingerprint density at radius 2 is 1.93 bits per heavy atom. The molecule has 0 aliphatic heterocycles. The van der Waals surface area contributed by atoms with E-state index in [1.165, 1.54) is 17.6 Å². The minimum absolute atomic E-state index is 0.0729. The van der Waals surface area contributed by atoms with E-state index >= 15 is 0 Å². The van der Waals surface area contributed by atoms with Crippen LogP contribution in [0.3, 0.4) is 0 Å². The summed E-state index contributed by atoms with van der Waals surface area (Å²) in [6.45, 7) is 1.47. The number of hydrogen-bond acceptors (Lipinski definition) is 5. The Hall–Kier alpha value is -2.87. The SMILES string of the molecule is CC(=NNC(=O)c1ccccc1Cl)c1c(O)n(C2CCCCC2)c(=O)[nH]c1=O. The van der Waals surface area contributed by atoms with E-state index in [1.54, 1.807) is 18.2 Å². The van der Waals surface area contributed by atoms with Crippen LogP contribution in [0.1, 0.15) is 61.0 Å². The van der Waals surface area contributed by atoms with Crippen molar-refractivity contribution in [3.05, 3.63) is 61.3 Å². The molecule has 0 unspecified atom stereocenters. The molecule has 28 heavy (non-hydrogen) atoms. The van der Waals surface area contributed by atoms with Gasteiger partial charge in [0.1, 0.15) is 5.56 Å². The number of aromatic hydroxyl groups is 1. The highest BCUT2D eigenvalue weighted by Crippen LogP contribution is 2.30. The summed E-state index contributed by atoms with van der Waals surface area (Å²) in [4.78, 5) is 39.0. The monoisotopic (exact) mass is 404 g/mol. The highest BCUT2D eigenvalue weighted by Gasteiger charge is 2.24. The Bertz CT molecular complexity index is 1030. The van der Waals surface area contributed by atoms with Gasteiger partial charge in [-0.15, -0.1) is 0 Å². The molecule has 9 heteroatoms. The van der Waals surface area contributed by atoms with Gasteiger partial charge in [0.15, 0.2) is 0 Å². The van der Waals surface area contributed by atoms with E-state index < -0.39 is 23.0 Å². The molecule has 0 radical (unpaired) electrons. The first-order valence-electron chi connectivity index (χ1n) is 9.07. The van der Waals surface area contributed by atoms with Crippen molar-refractivity contribution in [3.8, 4) is 5.88 Å². The van der Waals surface area contributed by atoms with E-state index in [0.29, 0.717) is 0 Å². The van der Waals surface area contributed by atoms with E-state index in [0.717, 1.165) is 32.1 Å². The smallest absolute Gasteiger partial charge is 0.331 e. The van der Waals surface area contributed by atoms with E-state index in [-0.39, 0.29) is 27.9 Å². The molecule has 1 heterocycles. The van der Waals surface area contributed by atoms with Crippen LogP contribution in [0.2, 0.25) is 5.02 Å². The fourth-order valence-corrected chi connectivity index (χ4v) is 3.66. The molecule has 1 amide bonds. The van der Waals surface area contributed by atoms with Gasteiger partial charge in [0.2, 0.25) is 5.88 Å². The Labute approximate surface area is 165 Å². The number of carbonyl (C=O) groups excluding carboxylic acids is 1. The van der Waals surface area contributed by atoms with Gasteiger partial charge in [-0.3, -0.25) is 19.1 Å². The van der Waals surface area contributed by atoms with Crippen LogP contribution in [0, 0.1) is 0 Å². The molecule has 0 atom stereocenters. The molecular formula is C19H21ClN4O4. The average Bonchev–Trinajstić information content (AvgIpc) is 2.67. The lowest BCUT2D eigenvalue weighted by atomic mass is 9.95. The molecule has 1 aromatic heterocycles. The van der Waals surface area contributed by atoms with Crippen LogP contribution in [0.15, 0.2) is 39.0 Å². The van der Waals surface area contributed by atoms with E-state index in [1.807, 2.05) is 0 Å². The van der Waals surface area contributed by atoms with Crippen LogP contribution in [-0.4, -0.2) is 26.3 Å². The number of benzene rings is 1. The molecule has 1 aliphatic rings. The third-order valence-corrected chi connectivity index (χ3v) is 5.19. The zero-order valence-electron chi connectivity index (χ0n) is 15.4. The fourth-order valence-electron chi connectivity index (χ4n) is 3.44. The van der Waals surface area contributed by atoms with Crippen molar-refractivity contribution >= 4 is 23.2 Å². The first-order chi connectivity index (χ1) is 13.4. The highest BCUT2D eigenvalue weighted by molar-refractivity contribution is 6.33. The van der Waals surface area contributed by atoms with Gasteiger partial charge in [-0.2, -0.15) is 5.10 Å². The Balaban J connectivity index is 1.93. The number of amides is 1. The van der Waals surface area contributed by atoms with Crippen LogP contribution in [0.5, 0.6) is 5.88 Å². The zero-order chi connectivity index (χ0) is 20.3. The minimum atomic E-state index is -0.761. The third-order valence-electron chi connectivity index (χ3n) is 4.86. The van der Waals surface area contributed by atoms with Gasteiger partial charge < -0.3 is 5.11 Å². The summed E-state index contributed by atoms with van der Waals surface area (Å²) in [6.07, 6.45) is 4.48. The van der Waals surface area contributed by atoms with Crippen molar-refractivity contribution in [2.24, 2.45) is 5.10 Å². The molecule has 0 bridgehead atoms. The van der Waals surface area contributed by atoms with Crippen molar-refractivity contribution in [1.29, 1.82) is 0 Å². The molecular weight excluding hydrogens is 384 g/mol. The van der Waals surface area contributed by atoms with Crippen LogP contribution >= 0.6 is 11.6 Å². The standard InChI is InChI=1S/C19H21ClN4O4/c1-11(22-23-16(25)13-9-5-6-10-14(13)20)15-17(26)21-19(28)24(18(15)27)12-7-3-2-4-8-12/h5-6,9-10,12,27H,2-4,7-8H2,1H3,(H,23,25)(H,21,26,28). The number of halogens is 1. The molecule has 1 fully saturated rings. The molecule has 3 N–H and O–H groups in total. The molecule has 1 aliphatic carbocycles. The topological polar surface area (TPSA) is 117 Å². The Morgan fingerprint density at radius 3 is 2.61 bits per heavy atom. The molecule has 148 valence electrons. The molecule has 2 aromatic rings. The Morgan fingerprint density at radius 1 is 1.25 bits per heavy atom. The number of aromatic amines is 1. The lowest BCUT2D eigenvalue weighted by Gasteiger charge is -2.25. The second kappa shape index (κ2) is 8.43. The maximum atomic E-state index is 12.3. The summed E-state index contributed by atoms with van der Waals surface area (Å²) in [6, 6.07) is 6.29. The average molecular weight is 405 g/mol. The second-order valence-electron chi connectivity index (χ2n) is 6.74. The van der Waals surface area contributed by atoms with Crippen molar-refractivity contribution < 1.29 is 9.90 Å². The third kappa shape index (κ3) is 4.01. The van der Waals surface area contributed by atoms with Crippen LogP contribution in [0.25, 0.3) is 0 Å². The van der Waals surface area contributed by atoms with Crippen LogP contribution in [-0.2, 0) is 0 Å². The number of hydrogen-bond donors (Lipinski definition) is 3.